The lowest BCUT2D eigenvalue weighted by molar-refractivity contribution is -0.136. The van der Waals surface area contributed by atoms with Gasteiger partial charge in [-0.25, -0.2) is 5.48 Å². The second-order valence-corrected chi connectivity index (χ2v) is 8.35. The number of carbonyl (C=O) groups is 2. The van der Waals surface area contributed by atoms with Crippen LogP contribution in [-0.4, -0.2) is 88.1 Å². The van der Waals surface area contributed by atoms with E-state index < -0.39 is 30.1 Å². The van der Waals surface area contributed by atoms with Crippen LogP contribution in [0.2, 0.25) is 0 Å². The molecule has 4 rings (SSSR count). The normalized spacial score (nSPS) is 22.7. The van der Waals surface area contributed by atoms with Gasteiger partial charge < -0.3 is 19.8 Å². The second kappa shape index (κ2) is 10.8. The number of hydrogen-bond acceptors (Lipinski definition) is 7. The predicted octanol–water partition coefficient (Wildman–Crippen LogP) is -0.0298. The number of amides is 2. The molecule has 0 saturated carbocycles. The molecule has 0 aliphatic carbocycles. The molecule has 9 heteroatoms. The Morgan fingerprint density at radius 2 is 1.56 bits per heavy atom. The van der Waals surface area contributed by atoms with E-state index in [4.69, 9.17) is 9.94 Å². The van der Waals surface area contributed by atoms with Crippen molar-refractivity contribution >= 4 is 11.8 Å². The number of likely N-dealkylation sites (tertiary alicyclic amines) is 1. The molecule has 2 amide bonds. The molecule has 0 bridgehead atoms. The van der Waals surface area contributed by atoms with Gasteiger partial charge in [0.25, 0.3) is 11.8 Å². The van der Waals surface area contributed by atoms with Crippen LogP contribution in [0.4, 0.5) is 0 Å². The SMILES string of the molecule is O=C(NO)[C@@H]1[C@H](O)[C@H](O)CN1C(=O)c1ccc(C#Cc2ccc(CN3CCOCC3)cc2)cc1. The van der Waals surface area contributed by atoms with Gasteiger partial charge in [-0.05, 0) is 42.0 Å². The number of nitrogens with zero attached hydrogens (tertiary/aromatic N) is 2. The first kappa shape index (κ1) is 23.9. The standard InChI is InChI=1S/C25H27N3O6/c29-21-16-28(22(23(21)30)24(31)26-33)25(32)20-9-7-18(8-10-20)2-1-17-3-5-19(6-4-17)15-27-11-13-34-14-12-27/h3-10,21-23,29-30,33H,11-16H2,(H,26,31)/t21-,22+,23-/m1/s1. The maximum Gasteiger partial charge on any atom is 0.268 e. The Hall–Kier alpha value is -3.26. The minimum absolute atomic E-state index is 0.221. The fourth-order valence-corrected chi connectivity index (χ4v) is 4.11. The number of benzene rings is 2. The fourth-order valence-electron chi connectivity index (χ4n) is 4.11. The van der Waals surface area contributed by atoms with Gasteiger partial charge in [0.05, 0.1) is 19.8 Å². The Balaban J connectivity index is 1.39. The number of hydrogen-bond donors (Lipinski definition) is 4. The average Bonchev–Trinajstić information content (AvgIpc) is 3.17. The highest BCUT2D eigenvalue weighted by Gasteiger charge is 2.46. The van der Waals surface area contributed by atoms with Gasteiger partial charge in [-0.2, -0.15) is 0 Å². The summed E-state index contributed by atoms with van der Waals surface area (Å²) in [5, 5.41) is 28.8. The summed E-state index contributed by atoms with van der Waals surface area (Å²) in [5.41, 5.74) is 4.51. The number of morpholine rings is 1. The third kappa shape index (κ3) is 5.44. The molecular weight excluding hydrogens is 438 g/mol. The smallest absolute Gasteiger partial charge is 0.268 e. The van der Waals surface area contributed by atoms with Gasteiger partial charge >= 0.3 is 0 Å². The Labute approximate surface area is 197 Å². The predicted molar refractivity (Wildman–Crippen MR) is 122 cm³/mol. The number of hydroxylamine groups is 1. The lowest BCUT2D eigenvalue weighted by Gasteiger charge is -2.26. The highest BCUT2D eigenvalue weighted by molar-refractivity contribution is 5.98. The van der Waals surface area contributed by atoms with E-state index >= 15 is 0 Å². The van der Waals surface area contributed by atoms with Crippen LogP contribution in [0.3, 0.4) is 0 Å². The Morgan fingerprint density at radius 1 is 0.971 bits per heavy atom. The molecule has 34 heavy (non-hydrogen) atoms. The number of β-amino-alcohol motifs (C(OH)–C–C–N with tert-alkyl or cyclic N) is 1. The van der Waals surface area contributed by atoms with Gasteiger partial charge in [0.2, 0.25) is 0 Å². The van der Waals surface area contributed by atoms with Gasteiger partial charge in [0.15, 0.2) is 0 Å². The number of carbonyl (C=O) groups excluding carboxylic acids is 2. The maximum atomic E-state index is 12.8. The van der Waals surface area contributed by atoms with E-state index in [0.717, 1.165) is 43.3 Å². The molecule has 2 aromatic rings. The first-order valence-corrected chi connectivity index (χ1v) is 11.1. The summed E-state index contributed by atoms with van der Waals surface area (Å²) >= 11 is 0. The van der Waals surface area contributed by atoms with E-state index in [9.17, 15) is 19.8 Å². The van der Waals surface area contributed by atoms with Crippen molar-refractivity contribution in [3.8, 4) is 11.8 Å². The first-order valence-electron chi connectivity index (χ1n) is 11.1. The highest BCUT2D eigenvalue weighted by atomic mass is 16.5. The molecule has 2 saturated heterocycles. The lowest BCUT2D eigenvalue weighted by atomic mass is 10.1. The van der Waals surface area contributed by atoms with Crippen molar-refractivity contribution < 1.29 is 29.7 Å². The van der Waals surface area contributed by atoms with Gasteiger partial charge in [-0.1, -0.05) is 24.0 Å². The molecule has 0 radical (unpaired) electrons. The van der Waals surface area contributed by atoms with Crippen molar-refractivity contribution in [1.29, 1.82) is 0 Å². The summed E-state index contributed by atoms with van der Waals surface area (Å²) < 4.78 is 5.38. The minimum Gasteiger partial charge on any atom is -0.388 e. The Kier molecular flexibility index (Phi) is 7.57. The molecule has 2 fully saturated rings. The zero-order valence-electron chi connectivity index (χ0n) is 18.6. The quantitative estimate of drug-likeness (QED) is 0.284. The highest BCUT2D eigenvalue weighted by Crippen LogP contribution is 2.22. The monoisotopic (exact) mass is 465 g/mol. The number of aliphatic hydroxyl groups is 2. The molecule has 3 atom stereocenters. The number of rotatable bonds is 4. The van der Waals surface area contributed by atoms with Crippen LogP contribution in [-0.2, 0) is 16.1 Å². The van der Waals surface area contributed by atoms with Gasteiger partial charge in [0.1, 0.15) is 18.2 Å². The molecule has 2 heterocycles. The minimum atomic E-state index is -1.48. The molecule has 2 aliphatic rings. The summed E-state index contributed by atoms with van der Waals surface area (Å²) in [6.45, 7) is 4.09. The van der Waals surface area contributed by atoms with Crippen LogP contribution in [0.15, 0.2) is 48.5 Å². The van der Waals surface area contributed by atoms with E-state index in [1.54, 1.807) is 24.3 Å². The number of nitrogens with one attached hydrogen (secondary N) is 1. The van der Waals surface area contributed by atoms with Crippen molar-refractivity contribution in [3.63, 3.8) is 0 Å². The van der Waals surface area contributed by atoms with E-state index in [1.165, 1.54) is 11.0 Å². The van der Waals surface area contributed by atoms with E-state index in [1.807, 2.05) is 12.1 Å². The zero-order valence-corrected chi connectivity index (χ0v) is 18.6. The van der Waals surface area contributed by atoms with Crippen LogP contribution in [0.1, 0.15) is 27.0 Å². The summed E-state index contributed by atoms with van der Waals surface area (Å²) in [6, 6.07) is 13.3. The summed E-state index contributed by atoms with van der Waals surface area (Å²) in [6.07, 6.45) is -2.77. The molecule has 0 aromatic heterocycles. The van der Waals surface area contributed by atoms with E-state index in [2.05, 4.69) is 28.9 Å². The Morgan fingerprint density at radius 3 is 2.15 bits per heavy atom. The van der Waals surface area contributed by atoms with Crippen molar-refractivity contribution in [1.82, 2.24) is 15.3 Å². The maximum absolute atomic E-state index is 12.8. The average molecular weight is 466 g/mol. The van der Waals surface area contributed by atoms with Crippen LogP contribution in [0, 0.1) is 11.8 Å². The summed E-state index contributed by atoms with van der Waals surface area (Å²) in [5.74, 6) is 4.68. The van der Waals surface area contributed by atoms with Crippen LogP contribution in [0.5, 0.6) is 0 Å². The third-order valence-electron chi connectivity index (χ3n) is 6.02. The fraction of sp³-hybridized carbons (Fsp3) is 0.360. The largest absolute Gasteiger partial charge is 0.388 e. The van der Waals surface area contributed by atoms with Crippen LogP contribution >= 0.6 is 0 Å². The molecule has 2 aromatic carbocycles. The second-order valence-electron chi connectivity index (χ2n) is 8.35. The molecular formula is C25H27N3O6. The molecule has 0 spiro atoms. The van der Waals surface area contributed by atoms with Crippen molar-refractivity contribution in [2.24, 2.45) is 0 Å². The van der Waals surface area contributed by atoms with Crippen molar-refractivity contribution in [3.05, 3.63) is 70.8 Å². The van der Waals surface area contributed by atoms with E-state index in [-0.39, 0.29) is 12.1 Å². The Bertz CT molecular complexity index is 1070. The number of ether oxygens (including phenoxy) is 1. The molecule has 9 nitrogen and oxygen atoms in total. The van der Waals surface area contributed by atoms with Gasteiger partial charge in [-0.15, -0.1) is 0 Å². The summed E-state index contributed by atoms with van der Waals surface area (Å²) in [4.78, 5) is 28.1. The summed E-state index contributed by atoms with van der Waals surface area (Å²) in [7, 11) is 0. The van der Waals surface area contributed by atoms with Gasteiger partial charge in [0, 0.05) is 36.3 Å². The van der Waals surface area contributed by atoms with Gasteiger partial charge in [-0.3, -0.25) is 19.7 Å². The number of aliphatic hydroxyl groups excluding tert-OH is 2. The zero-order chi connectivity index (χ0) is 24.1. The molecule has 4 N–H and O–H groups in total. The molecule has 0 unspecified atom stereocenters. The van der Waals surface area contributed by atoms with Crippen molar-refractivity contribution in [2.75, 3.05) is 32.8 Å². The lowest BCUT2D eigenvalue weighted by Crippen LogP contribution is -2.49. The van der Waals surface area contributed by atoms with Crippen molar-refractivity contribution in [2.45, 2.75) is 24.8 Å². The first-order chi connectivity index (χ1) is 16.5. The topological polar surface area (TPSA) is 123 Å². The molecule has 178 valence electrons. The molecule has 2 aliphatic heterocycles. The van der Waals surface area contributed by atoms with Crippen LogP contribution < -0.4 is 5.48 Å². The van der Waals surface area contributed by atoms with Crippen LogP contribution in [0.25, 0.3) is 0 Å². The third-order valence-corrected chi connectivity index (χ3v) is 6.02. The van der Waals surface area contributed by atoms with E-state index in [0.29, 0.717) is 5.56 Å².